The Kier molecular flexibility index (Phi) is 3.99. The van der Waals surface area contributed by atoms with Crippen molar-refractivity contribution in [3.8, 4) is 0 Å². The Hall–Kier alpha value is 0.0387. The molecule has 1 aliphatic carbocycles. The van der Waals surface area contributed by atoms with Crippen molar-refractivity contribution in [3.63, 3.8) is 0 Å². The van der Waals surface area contributed by atoms with Crippen molar-refractivity contribution < 1.29 is 8.55 Å². The standard InChI is InChI=1S/C5H5.H2O.O.Sn.H/c1-2-4-5-3-1;;;;/h1-5H;1H2;;;. The van der Waals surface area contributed by atoms with E-state index in [1.165, 1.54) is 0 Å². The van der Waals surface area contributed by atoms with Crippen molar-refractivity contribution in [3.05, 3.63) is 24.3 Å². The fourth-order valence-electron chi connectivity index (χ4n) is 0.540. The molecule has 0 aromatic heterocycles. The average molecular weight is 219 g/mol. The van der Waals surface area contributed by atoms with Gasteiger partial charge < -0.3 is 5.48 Å². The van der Waals surface area contributed by atoms with Gasteiger partial charge in [0.15, 0.2) is 0 Å². The molecule has 1 aliphatic rings. The molecule has 0 saturated carbocycles. The van der Waals surface area contributed by atoms with E-state index in [0.717, 1.165) is 0 Å². The molecule has 1 rings (SSSR count). The molecule has 3 heteroatoms. The van der Waals surface area contributed by atoms with Crippen LogP contribution in [0.4, 0.5) is 0 Å². The first kappa shape index (κ1) is 8.04. The monoisotopic (exact) mass is 220 g/mol. The number of hydrogen-bond donors (Lipinski definition) is 0. The van der Waals surface area contributed by atoms with E-state index in [1.54, 1.807) is 0 Å². The zero-order valence-corrected chi connectivity index (χ0v) is 7.67. The predicted octanol–water partition coefficient (Wildman–Crippen LogP) is -0.142. The van der Waals surface area contributed by atoms with Gasteiger partial charge in [0.25, 0.3) is 0 Å². The SMILES string of the molecule is O.[O]=[SnH][CH]1C=CC=C1. The molecule has 44 valence electrons. The third-order valence-corrected chi connectivity index (χ3v) is 3.10. The Morgan fingerprint density at radius 3 is 2.00 bits per heavy atom. The van der Waals surface area contributed by atoms with Gasteiger partial charge in [-0.1, -0.05) is 0 Å². The molecule has 0 saturated heterocycles. The summed E-state index contributed by atoms with van der Waals surface area (Å²) in [7, 11) is 0. The van der Waals surface area contributed by atoms with E-state index >= 15 is 0 Å². The fourth-order valence-corrected chi connectivity index (χ4v) is 1.79. The average Bonchev–Trinajstić information content (AvgIpc) is 2.14. The van der Waals surface area contributed by atoms with E-state index in [0.29, 0.717) is 3.93 Å². The molecule has 0 aliphatic heterocycles. The van der Waals surface area contributed by atoms with E-state index < -0.39 is 21.1 Å². The number of allylic oxidation sites excluding steroid dienone is 4. The van der Waals surface area contributed by atoms with Crippen LogP contribution in [0.25, 0.3) is 0 Å². The molecule has 0 heterocycles. The minimum atomic E-state index is -1.41. The van der Waals surface area contributed by atoms with E-state index in [2.05, 4.69) is 0 Å². The molecule has 0 atom stereocenters. The van der Waals surface area contributed by atoms with Gasteiger partial charge >= 0.3 is 52.4 Å². The van der Waals surface area contributed by atoms with Crippen LogP contribution in [0.5, 0.6) is 0 Å². The summed E-state index contributed by atoms with van der Waals surface area (Å²) < 4.78 is 10.6. The van der Waals surface area contributed by atoms with Crippen molar-refractivity contribution in [1.82, 2.24) is 0 Å². The second-order valence-corrected chi connectivity index (χ2v) is 4.46. The molecule has 0 aromatic rings. The molecule has 0 unspecified atom stereocenters. The Bertz CT molecular complexity index is 116. The van der Waals surface area contributed by atoms with Crippen LogP contribution in [-0.4, -0.2) is 26.6 Å². The summed E-state index contributed by atoms with van der Waals surface area (Å²) in [6, 6.07) is 0. The van der Waals surface area contributed by atoms with Gasteiger partial charge in [0.05, 0.1) is 0 Å². The van der Waals surface area contributed by atoms with Crippen molar-refractivity contribution in [2.24, 2.45) is 0 Å². The van der Waals surface area contributed by atoms with Crippen LogP contribution in [0.15, 0.2) is 24.3 Å². The van der Waals surface area contributed by atoms with Gasteiger partial charge in [0.2, 0.25) is 0 Å². The van der Waals surface area contributed by atoms with Gasteiger partial charge in [-0.15, -0.1) is 0 Å². The number of hydrogen-bond acceptors (Lipinski definition) is 1. The zero-order valence-electron chi connectivity index (χ0n) is 4.37. The third kappa shape index (κ3) is 1.88. The molecule has 0 bridgehead atoms. The van der Waals surface area contributed by atoms with Gasteiger partial charge in [0, 0.05) is 0 Å². The van der Waals surface area contributed by atoms with Gasteiger partial charge in [-0.2, -0.15) is 0 Å². The first-order valence-electron chi connectivity index (χ1n) is 2.24. The summed E-state index contributed by atoms with van der Waals surface area (Å²) in [5.41, 5.74) is 0. The van der Waals surface area contributed by atoms with Gasteiger partial charge in [-0.05, 0) is 0 Å². The summed E-state index contributed by atoms with van der Waals surface area (Å²) in [6.07, 6.45) is 7.89. The fraction of sp³-hybridized carbons (Fsp3) is 0.200. The maximum absolute atomic E-state index is 10.2. The van der Waals surface area contributed by atoms with Crippen molar-refractivity contribution in [2.45, 2.75) is 3.93 Å². The van der Waals surface area contributed by atoms with E-state index in [4.69, 9.17) is 0 Å². The molecule has 0 aromatic carbocycles. The van der Waals surface area contributed by atoms with Crippen LogP contribution < -0.4 is 0 Å². The third-order valence-electron chi connectivity index (χ3n) is 0.935. The van der Waals surface area contributed by atoms with E-state index in [1.807, 2.05) is 24.3 Å². The molecule has 0 fully saturated rings. The predicted molar refractivity (Wildman–Crippen MR) is 33.5 cm³/mol. The Morgan fingerprint density at radius 1 is 1.25 bits per heavy atom. The van der Waals surface area contributed by atoms with Crippen LogP contribution in [0.3, 0.4) is 0 Å². The Morgan fingerprint density at radius 2 is 1.75 bits per heavy atom. The quantitative estimate of drug-likeness (QED) is 0.566. The summed E-state index contributed by atoms with van der Waals surface area (Å²) in [5, 5.41) is 0. The summed E-state index contributed by atoms with van der Waals surface area (Å²) >= 11 is -1.41. The Balaban J connectivity index is 0.000000490. The zero-order chi connectivity index (χ0) is 5.11. The summed E-state index contributed by atoms with van der Waals surface area (Å²) in [6.45, 7) is 0. The van der Waals surface area contributed by atoms with E-state index in [9.17, 15) is 3.08 Å². The topological polar surface area (TPSA) is 48.6 Å². The molecule has 2 N–H and O–H groups in total. The van der Waals surface area contributed by atoms with Crippen molar-refractivity contribution in [2.75, 3.05) is 0 Å². The second kappa shape index (κ2) is 3.97. The summed E-state index contributed by atoms with van der Waals surface area (Å²) in [5.74, 6) is 0. The van der Waals surface area contributed by atoms with E-state index in [-0.39, 0.29) is 5.48 Å². The molecular weight excluding hydrogens is 211 g/mol. The maximum atomic E-state index is 10.2. The molecular formula is C5H8O2Sn. The molecule has 0 amide bonds. The number of rotatable bonds is 1. The molecule has 2 nitrogen and oxygen atoms in total. The summed E-state index contributed by atoms with van der Waals surface area (Å²) in [4.78, 5) is 0. The molecule has 0 radical (unpaired) electrons. The first-order chi connectivity index (χ1) is 3.43. The van der Waals surface area contributed by atoms with Gasteiger partial charge in [-0.25, -0.2) is 0 Å². The second-order valence-electron chi connectivity index (χ2n) is 1.48. The van der Waals surface area contributed by atoms with Crippen LogP contribution in [0.2, 0.25) is 3.93 Å². The first-order valence-corrected chi connectivity index (χ1v) is 5.48. The van der Waals surface area contributed by atoms with Crippen molar-refractivity contribution in [1.29, 1.82) is 0 Å². The van der Waals surface area contributed by atoms with Gasteiger partial charge in [0.1, 0.15) is 0 Å². The minimum absolute atomic E-state index is 0. The molecule has 8 heavy (non-hydrogen) atoms. The van der Waals surface area contributed by atoms with Crippen LogP contribution in [0.1, 0.15) is 0 Å². The van der Waals surface area contributed by atoms with Crippen LogP contribution >= 0.6 is 0 Å². The normalized spacial score (nSPS) is 16.0. The van der Waals surface area contributed by atoms with Crippen LogP contribution in [0, 0.1) is 0 Å². The van der Waals surface area contributed by atoms with Crippen LogP contribution in [-0.2, 0) is 3.08 Å². The van der Waals surface area contributed by atoms with Crippen molar-refractivity contribution >= 4 is 21.1 Å². The van der Waals surface area contributed by atoms with Gasteiger partial charge in [-0.3, -0.25) is 0 Å². The Labute approximate surface area is 58.2 Å². The molecule has 0 spiro atoms.